The van der Waals surface area contributed by atoms with Crippen molar-refractivity contribution in [2.24, 2.45) is 5.14 Å². The molecule has 1 heterocycles. The smallest absolute Gasteiger partial charge is 0.219 e. The molecule has 0 aliphatic carbocycles. The molecule has 1 aromatic heterocycles. The van der Waals surface area contributed by atoms with Crippen molar-refractivity contribution in [3.05, 3.63) is 88.2 Å². The maximum absolute atomic E-state index is 12.8. The number of carbonyl (C=O) groups excluding carboxylic acids is 1. The van der Waals surface area contributed by atoms with E-state index in [2.05, 4.69) is 4.98 Å². The zero-order valence-corrected chi connectivity index (χ0v) is 17.5. The minimum absolute atomic E-state index is 0.0828. The van der Waals surface area contributed by atoms with Crippen LogP contribution in [-0.4, -0.2) is 26.3 Å². The van der Waals surface area contributed by atoms with Gasteiger partial charge in [0.05, 0.1) is 17.8 Å². The molecule has 0 spiro atoms. The summed E-state index contributed by atoms with van der Waals surface area (Å²) in [7, 11) is -2.42. The average molecular weight is 433 g/mol. The number of aromatic amines is 1. The molecule has 0 aliphatic heterocycles. The van der Waals surface area contributed by atoms with E-state index in [-0.39, 0.29) is 17.2 Å². The van der Waals surface area contributed by atoms with Gasteiger partial charge in [-0.15, -0.1) is 0 Å². The topological polar surface area (TPSA) is 102 Å². The van der Waals surface area contributed by atoms with Gasteiger partial charge in [-0.25, -0.2) is 13.6 Å². The maximum atomic E-state index is 12.8. The molecule has 0 bridgehead atoms. The Balaban J connectivity index is 1.92. The van der Waals surface area contributed by atoms with Gasteiger partial charge in [0.1, 0.15) is 10.5 Å². The normalized spacial score (nSPS) is 13.7. The number of aromatic nitrogens is 1. The molecule has 0 saturated carbocycles. The Morgan fingerprint density at radius 3 is 2.41 bits per heavy atom. The first-order valence-electron chi connectivity index (χ1n) is 8.80. The SMILES string of the molecule is COc1ccc(C(=O)c2ccc(CC(C)(c3ccccc3)S(N)(=O)=O)[nH]2)c(Cl)c1. The fourth-order valence-corrected chi connectivity index (χ4v) is 4.23. The number of methoxy groups -OCH3 is 1. The first kappa shape index (κ1) is 21.1. The number of ether oxygens (including phenoxy) is 1. The molecular weight excluding hydrogens is 412 g/mol. The molecule has 0 radical (unpaired) electrons. The van der Waals surface area contributed by atoms with E-state index in [0.29, 0.717) is 28.3 Å². The van der Waals surface area contributed by atoms with E-state index in [1.54, 1.807) is 67.6 Å². The van der Waals surface area contributed by atoms with E-state index in [9.17, 15) is 13.2 Å². The van der Waals surface area contributed by atoms with Crippen LogP contribution in [0, 0.1) is 0 Å². The number of nitrogens with two attached hydrogens (primary N) is 1. The van der Waals surface area contributed by atoms with Crippen LogP contribution < -0.4 is 9.88 Å². The van der Waals surface area contributed by atoms with Gasteiger partial charge in [-0.3, -0.25) is 4.79 Å². The largest absolute Gasteiger partial charge is 0.497 e. The highest BCUT2D eigenvalue weighted by molar-refractivity contribution is 7.90. The zero-order chi connectivity index (χ0) is 21.2. The minimum Gasteiger partial charge on any atom is -0.497 e. The molecule has 0 aliphatic rings. The lowest BCUT2D eigenvalue weighted by Gasteiger charge is -2.27. The molecule has 3 rings (SSSR count). The summed E-state index contributed by atoms with van der Waals surface area (Å²) in [6, 6.07) is 16.8. The number of halogens is 1. The predicted octanol–water partition coefficient (Wildman–Crippen LogP) is 3.65. The summed E-state index contributed by atoms with van der Waals surface area (Å²) in [5.41, 5.74) is 1.76. The van der Waals surface area contributed by atoms with Crippen molar-refractivity contribution < 1.29 is 17.9 Å². The van der Waals surface area contributed by atoms with Crippen LogP contribution in [0.2, 0.25) is 5.02 Å². The van der Waals surface area contributed by atoms with Gasteiger partial charge in [-0.2, -0.15) is 0 Å². The van der Waals surface area contributed by atoms with E-state index in [0.717, 1.165) is 0 Å². The second kappa shape index (κ2) is 8.02. The highest BCUT2D eigenvalue weighted by atomic mass is 35.5. The number of primary sulfonamides is 1. The van der Waals surface area contributed by atoms with Crippen LogP contribution in [0.25, 0.3) is 0 Å². The van der Waals surface area contributed by atoms with Gasteiger partial charge in [0, 0.05) is 17.7 Å². The summed E-state index contributed by atoms with van der Waals surface area (Å²) < 4.78 is 28.5. The summed E-state index contributed by atoms with van der Waals surface area (Å²) in [6.07, 6.45) is 0.0828. The molecule has 3 aromatic rings. The lowest BCUT2D eigenvalue weighted by atomic mass is 9.95. The molecule has 1 unspecified atom stereocenters. The standard InChI is InChI=1S/C21H21ClN2O4S/c1-21(29(23,26)27,14-6-4-3-5-7-14)13-15-8-11-19(24-15)20(25)17-10-9-16(28-2)12-18(17)22/h3-12,24H,13H2,1-2H3,(H2,23,26,27). The molecule has 1 atom stereocenters. The van der Waals surface area contributed by atoms with Crippen LogP contribution in [0.1, 0.15) is 34.2 Å². The van der Waals surface area contributed by atoms with E-state index < -0.39 is 14.8 Å². The second-order valence-corrected chi connectivity index (χ2v) is 9.29. The quantitative estimate of drug-likeness (QED) is 0.556. The lowest BCUT2D eigenvalue weighted by Crippen LogP contribution is -2.40. The van der Waals surface area contributed by atoms with Crippen molar-refractivity contribution in [3.8, 4) is 5.75 Å². The Kier molecular flexibility index (Phi) is 5.84. The number of sulfonamides is 1. The predicted molar refractivity (Wildman–Crippen MR) is 113 cm³/mol. The van der Waals surface area contributed by atoms with Gasteiger partial charge >= 0.3 is 0 Å². The van der Waals surface area contributed by atoms with Crippen LogP contribution in [0.5, 0.6) is 5.75 Å². The number of rotatable bonds is 7. The number of H-pyrrole nitrogens is 1. The maximum Gasteiger partial charge on any atom is 0.219 e. The Hall–Kier alpha value is -2.61. The third-order valence-corrected chi connectivity index (χ3v) is 6.90. The van der Waals surface area contributed by atoms with Crippen molar-refractivity contribution in [2.45, 2.75) is 18.1 Å². The molecule has 0 fully saturated rings. The Bertz CT molecular complexity index is 1140. The summed E-state index contributed by atoms with van der Waals surface area (Å²) >= 11 is 6.20. The van der Waals surface area contributed by atoms with Gasteiger partial charge < -0.3 is 9.72 Å². The molecule has 152 valence electrons. The number of benzene rings is 2. The molecule has 0 amide bonds. The first-order valence-corrected chi connectivity index (χ1v) is 10.7. The van der Waals surface area contributed by atoms with Crippen molar-refractivity contribution in [1.29, 1.82) is 0 Å². The fraction of sp³-hybridized carbons (Fsp3) is 0.190. The van der Waals surface area contributed by atoms with Crippen molar-refractivity contribution in [1.82, 2.24) is 4.98 Å². The van der Waals surface area contributed by atoms with Crippen molar-refractivity contribution >= 4 is 27.4 Å². The zero-order valence-electron chi connectivity index (χ0n) is 16.0. The summed E-state index contributed by atoms with van der Waals surface area (Å²) in [4.78, 5) is 15.8. The monoisotopic (exact) mass is 432 g/mol. The van der Waals surface area contributed by atoms with Gasteiger partial charge in [0.15, 0.2) is 0 Å². The highest BCUT2D eigenvalue weighted by Crippen LogP contribution is 2.32. The van der Waals surface area contributed by atoms with E-state index in [1.165, 1.54) is 7.11 Å². The number of hydrogen-bond acceptors (Lipinski definition) is 4. The molecule has 0 saturated heterocycles. The lowest BCUT2D eigenvalue weighted by molar-refractivity contribution is 0.103. The van der Waals surface area contributed by atoms with Crippen LogP contribution in [0.15, 0.2) is 60.7 Å². The van der Waals surface area contributed by atoms with Gasteiger partial charge in [-0.1, -0.05) is 41.9 Å². The second-order valence-electron chi connectivity index (χ2n) is 6.89. The van der Waals surface area contributed by atoms with E-state index >= 15 is 0 Å². The molecule has 8 heteroatoms. The number of hydrogen-bond donors (Lipinski definition) is 2. The Morgan fingerprint density at radius 1 is 1.14 bits per heavy atom. The van der Waals surface area contributed by atoms with Crippen LogP contribution in [0.3, 0.4) is 0 Å². The van der Waals surface area contributed by atoms with Gasteiger partial charge in [0.2, 0.25) is 15.8 Å². The van der Waals surface area contributed by atoms with E-state index in [4.69, 9.17) is 21.5 Å². The number of ketones is 1. The summed E-state index contributed by atoms with van der Waals surface area (Å²) in [5.74, 6) is 0.242. The average Bonchev–Trinajstić information content (AvgIpc) is 3.15. The van der Waals surface area contributed by atoms with E-state index in [1.807, 2.05) is 0 Å². The van der Waals surface area contributed by atoms with Crippen LogP contribution in [0.4, 0.5) is 0 Å². The molecule has 3 N–H and O–H groups in total. The van der Waals surface area contributed by atoms with Gasteiger partial charge in [-0.05, 0) is 42.8 Å². The summed E-state index contributed by atoms with van der Waals surface area (Å²) in [6.45, 7) is 1.57. The molecular formula is C21H21ClN2O4S. The fourth-order valence-electron chi connectivity index (χ4n) is 3.15. The van der Waals surface area contributed by atoms with Crippen LogP contribution >= 0.6 is 11.6 Å². The molecule has 2 aromatic carbocycles. The van der Waals surface area contributed by atoms with Gasteiger partial charge in [0.25, 0.3) is 0 Å². The first-order chi connectivity index (χ1) is 13.7. The minimum atomic E-state index is -3.93. The third-order valence-electron chi connectivity index (χ3n) is 4.95. The Morgan fingerprint density at radius 2 is 1.83 bits per heavy atom. The van der Waals surface area contributed by atoms with Crippen LogP contribution in [-0.2, 0) is 21.2 Å². The third kappa shape index (κ3) is 4.22. The number of carbonyl (C=O) groups is 1. The van der Waals surface area contributed by atoms with Crippen molar-refractivity contribution in [3.63, 3.8) is 0 Å². The van der Waals surface area contributed by atoms with Crippen molar-refractivity contribution in [2.75, 3.05) is 7.11 Å². The number of nitrogens with one attached hydrogen (secondary N) is 1. The summed E-state index contributed by atoms with van der Waals surface area (Å²) in [5, 5.41) is 5.83. The Labute approximate surface area is 174 Å². The molecule has 6 nitrogen and oxygen atoms in total. The highest BCUT2D eigenvalue weighted by Gasteiger charge is 2.39. The molecule has 29 heavy (non-hydrogen) atoms.